The summed E-state index contributed by atoms with van der Waals surface area (Å²) in [7, 11) is 3.44. The predicted octanol–water partition coefficient (Wildman–Crippen LogP) is 4.11. The van der Waals surface area contributed by atoms with E-state index in [9.17, 15) is 18.0 Å². The van der Waals surface area contributed by atoms with Gasteiger partial charge in [-0.15, -0.1) is 0 Å². The number of nitrogens with zero attached hydrogens (tertiary/aromatic N) is 2. The number of hydrogen-bond donors (Lipinski definition) is 1. The van der Waals surface area contributed by atoms with E-state index in [1.54, 1.807) is 11.7 Å². The van der Waals surface area contributed by atoms with Crippen LogP contribution >= 0.6 is 0 Å². The Balaban J connectivity index is 1.77. The van der Waals surface area contributed by atoms with Crippen LogP contribution in [0.15, 0.2) is 42.6 Å². The molecule has 0 radical (unpaired) electrons. The van der Waals surface area contributed by atoms with Gasteiger partial charge in [0.05, 0.1) is 11.1 Å². The van der Waals surface area contributed by atoms with E-state index in [4.69, 9.17) is 0 Å². The minimum absolute atomic E-state index is 0.00372. The SMILES string of the molecule is CNC(=O)[C@@H]1CC1c1cc(-c2ccc(C(F)(F)F)cc2)cc2cn(C)nc12. The van der Waals surface area contributed by atoms with Crippen LogP contribution in [-0.4, -0.2) is 22.7 Å². The van der Waals surface area contributed by atoms with Crippen LogP contribution in [0, 0.1) is 5.92 Å². The Hall–Kier alpha value is -2.83. The van der Waals surface area contributed by atoms with E-state index in [1.165, 1.54) is 12.1 Å². The van der Waals surface area contributed by atoms with Crippen molar-refractivity contribution in [3.8, 4) is 11.1 Å². The van der Waals surface area contributed by atoms with Gasteiger partial charge in [-0.2, -0.15) is 18.3 Å². The summed E-state index contributed by atoms with van der Waals surface area (Å²) in [5.41, 5.74) is 2.66. The molecule has 140 valence electrons. The fourth-order valence-electron chi connectivity index (χ4n) is 3.60. The summed E-state index contributed by atoms with van der Waals surface area (Å²) < 4.78 is 40.2. The lowest BCUT2D eigenvalue weighted by atomic mass is 9.97. The van der Waals surface area contributed by atoms with E-state index < -0.39 is 11.7 Å². The third kappa shape index (κ3) is 3.18. The van der Waals surface area contributed by atoms with Gasteiger partial charge in [0.2, 0.25) is 5.91 Å². The molecular weight excluding hydrogens is 355 g/mol. The smallest absolute Gasteiger partial charge is 0.359 e. The minimum Gasteiger partial charge on any atom is -0.359 e. The summed E-state index contributed by atoms with van der Waals surface area (Å²) >= 11 is 0. The molecule has 1 aromatic heterocycles. The second kappa shape index (κ2) is 6.11. The molecule has 0 aliphatic heterocycles. The second-order valence-corrected chi connectivity index (χ2v) is 6.94. The maximum Gasteiger partial charge on any atom is 0.416 e. The van der Waals surface area contributed by atoms with Crippen LogP contribution in [0.4, 0.5) is 13.2 Å². The van der Waals surface area contributed by atoms with Crippen molar-refractivity contribution in [1.82, 2.24) is 15.1 Å². The Morgan fingerprint density at radius 2 is 1.89 bits per heavy atom. The van der Waals surface area contributed by atoms with Crippen molar-refractivity contribution in [3.05, 3.63) is 53.7 Å². The van der Waals surface area contributed by atoms with Crippen molar-refractivity contribution < 1.29 is 18.0 Å². The summed E-state index contributed by atoms with van der Waals surface area (Å²) in [6, 6.07) is 9.01. The summed E-state index contributed by atoms with van der Waals surface area (Å²) in [5.74, 6) is 0.00354. The second-order valence-electron chi connectivity index (χ2n) is 6.94. The fraction of sp³-hybridized carbons (Fsp3) is 0.300. The standard InChI is InChI=1S/C20H18F3N3O/c1-24-19(27)17-9-15(17)16-8-12(7-13-10-26(2)25-18(13)16)11-3-5-14(6-4-11)20(21,22)23/h3-8,10,15,17H,9H2,1-2H3,(H,24,27)/t15?,17-/m1/s1. The highest BCUT2D eigenvalue weighted by Gasteiger charge is 2.44. The van der Waals surface area contributed by atoms with Gasteiger partial charge in [-0.3, -0.25) is 9.48 Å². The van der Waals surface area contributed by atoms with Gasteiger partial charge < -0.3 is 5.32 Å². The topological polar surface area (TPSA) is 46.9 Å². The summed E-state index contributed by atoms with van der Waals surface area (Å²) in [4.78, 5) is 11.9. The molecule has 1 heterocycles. The first kappa shape index (κ1) is 17.6. The van der Waals surface area contributed by atoms with Crippen molar-refractivity contribution in [3.63, 3.8) is 0 Å². The number of aromatic nitrogens is 2. The summed E-state index contributed by atoms with van der Waals surface area (Å²) in [6.45, 7) is 0. The van der Waals surface area contributed by atoms with Crippen molar-refractivity contribution in [2.75, 3.05) is 7.05 Å². The van der Waals surface area contributed by atoms with Crippen LogP contribution in [0.5, 0.6) is 0 Å². The Morgan fingerprint density at radius 1 is 1.19 bits per heavy atom. The largest absolute Gasteiger partial charge is 0.416 e. The normalized spacial score (nSPS) is 19.3. The number of hydrogen-bond acceptors (Lipinski definition) is 2. The molecule has 2 atom stereocenters. The maximum absolute atomic E-state index is 12.8. The van der Waals surface area contributed by atoms with Crippen LogP contribution in [-0.2, 0) is 18.0 Å². The molecule has 1 N–H and O–H groups in total. The first-order valence-electron chi connectivity index (χ1n) is 8.64. The van der Waals surface area contributed by atoms with Crippen LogP contribution in [0.2, 0.25) is 0 Å². The van der Waals surface area contributed by atoms with Gasteiger partial charge in [-0.1, -0.05) is 12.1 Å². The molecule has 1 unspecified atom stereocenters. The molecule has 1 aliphatic carbocycles. The molecule has 7 heteroatoms. The molecule has 2 aromatic carbocycles. The monoisotopic (exact) mass is 373 g/mol. The number of halogens is 3. The van der Waals surface area contributed by atoms with Crippen LogP contribution < -0.4 is 5.32 Å². The van der Waals surface area contributed by atoms with E-state index in [1.807, 2.05) is 25.4 Å². The summed E-state index contributed by atoms with van der Waals surface area (Å²) in [5, 5.41) is 8.10. The average Bonchev–Trinajstić information content (AvgIpc) is 3.33. The highest BCUT2D eigenvalue weighted by molar-refractivity contribution is 5.90. The third-order valence-electron chi connectivity index (χ3n) is 5.07. The molecular formula is C20H18F3N3O. The van der Waals surface area contributed by atoms with Gasteiger partial charge in [0, 0.05) is 31.6 Å². The highest BCUT2D eigenvalue weighted by atomic mass is 19.4. The van der Waals surface area contributed by atoms with Crippen molar-refractivity contribution in [1.29, 1.82) is 0 Å². The third-order valence-corrected chi connectivity index (χ3v) is 5.07. The number of benzene rings is 2. The van der Waals surface area contributed by atoms with E-state index in [2.05, 4.69) is 10.4 Å². The molecule has 1 saturated carbocycles. The number of aryl methyl sites for hydroxylation is 1. The number of carbonyl (C=O) groups is 1. The Bertz CT molecular complexity index is 1020. The molecule has 3 aromatic rings. The molecule has 0 saturated heterocycles. The molecule has 1 fully saturated rings. The lowest BCUT2D eigenvalue weighted by Gasteiger charge is -2.10. The zero-order valence-electron chi connectivity index (χ0n) is 14.8. The zero-order valence-corrected chi connectivity index (χ0v) is 14.8. The van der Waals surface area contributed by atoms with Gasteiger partial charge in [0.1, 0.15) is 0 Å². The van der Waals surface area contributed by atoms with Crippen molar-refractivity contribution in [2.24, 2.45) is 13.0 Å². The van der Waals surface area contributed by atoms with E-state index >= 15 is 0 Å². The lowest BCUT2D eigenvalue weighted by molar-refractivity contribution is -0.137. The van der Waals surface area contributed by atoms with Crippen LogP contribution in [0.25, 0.3) is 22.0 Å². The molecule has 4 rings (SSSR count). The number of rotatable bonds is 3. The van der Waals surface area contributed by atoms with E-state index in [-0.39, 0.29) is 17.7 Å². The lowest BCUT2D eigenvalue weighted by Crippen LogP contribution is -2.20. The number of amides is 1. The van der Waals surface area contributed by atoms with Gasteiger partial charge in [-0.05, 0) is 53.3 Å². The van der Waals surface area contributed by atoms with Gasteiger partial charge in [0.15, 0.2) is 0 Å². The first-order valence-corrected chi connectivity index (χ1v) is 8.64. The Morgan fingerprint density at radius 3 is 2.52 bits per heavy atom. The number of nitrogens with one attached hydrogen (secondary N) is 1. The number of fused-ring (bicyclic) bond motifs is 1. The van der Waals surface area contributed by atoms with Gasteiger partial charge in [0.25, 0.3) is 0 Å². The van der Waals surface area contributed by atoms with Crippen LogP contribution in [0.1, 0.15) is 23.5 Å². The zero-order chi connectivity index (χ0) is 19.3. The number of alkyl halides is 3. The molecule has 1 aliphatic rings. The molecule has 27 heavy (non-hydrogen) atoms. The first-order chi connectivity index (χ1) is 12.8. The average molecular weight is 373 g/mol. The predicted molar refractivity (Wildman–Crippen MR) is 96.1 cm³/mol. The maximum atomic E-state index is 12.8. The minimum atomic E-state index is -4.36. The van der Waals surface area contributed by atoms with Crippen LogP contribution in [0.3, 0.4) is 0 Å². The van der Waals surface area contributed by atoms with Crippen molar-refractivity contribution in [2.45, 2.75) is 18.5 Å². The molecule has 1 amide bonds. The van der Waals surface area contributed by atoms with Gasteiger partial charge >= 0.3 is 6.18 Å². The Kier molecular flexibility index (Phi) is 3.98. The fourth-order valence-corrected chi connectivity index (χ4v) is 3.60. The van der Waals surface area contributed by atoms with Crippen molar-refractivity contribution >= 4 is 16.8 Å². The van der Waals surface area contributed by atoms with E-state index in [0.717, 1.165) is 40.6 Å². The molecule has 0 bridgehead atoms. The van der Waals surface area contributed by atoms with Gasteiger partial charge in [-0.25, -0.2) is 0 Å². The number of carbonyl (C=O) groups excluding carboxylic acids is 1. The Labute approximate surface area is 154 Å². The molecule has 0 spiro atoms. The summed E-state index contributed by atoms with van der Waals surface area (Å²) in [6.07, 6.45) is -1.72. The quantitative estimate of drug-likeness (QED) is 0.751. The molecule has 4 nitrogen and oxygen atoms in total. The van der Waals surface area contributed by atoms with E-state index in [0.29, 0.717) is 5.56 Å². The highest BCUT2D eigenvalue weighted by Crippen LogP contribution is 2.50.